The third-order valence-corrected chi connectivity index (χ3v) is 6.06. The minimum absolute atomic E-state index is 0. The number of rotatable bonds is 6. The lowest BCUT2D eigenvalue weighted by atomic mass is 10.0. The number of hydrogen-bond donors (Lipinski definition) is 2. The van der Waals surface area contributed by atoms with E-state index >= 15 is 0 Å². The number of fused-ring (bicyclic) bond motifs is 1. The highest BCUT2D eigenvalue weighted by Crippen LogP contribution is 2.36. The van der Waals surface area contributed by atoms with Crippen molar-refractivity contribution in [2.75, 3.05) is 0 Å². The maximum absolute atomic E-state index is 12.3. The number of allylic oxidation sites excluding steroid dienone is 2. The van der Waals surface area contributed by atoms with E-state index in [1.807, 2.05) is 42.0 Å². The molecule has 180 valence electrons. The lowest BCUT2D eigenvalue weighted by Crippen LogP contribution is -2.08. The molecule has 0 spiro atoms. The van der Waals surface area contributed by atoms with Gasteiger partial charge in [-0.05, 0) is 56.7 Å². The van der Waals surface area contributed by atoms with E-state index in [9.17, 15) is 14.7 Å². The van der Waals surface area contributed by atoms with Gasteiger partial charge in [-0.15, -0.1) is 0 Å². The van der Waals surface area contributed by atoms with Crippen LogP contribution in [0.1, 0.15) is 55.9 Å². The third-order valence-electron chi connectivity index (χ3n) is 5.75. The summed E-state index contributed by atoms with van der Waals surface area (Å²) in [6, 6.07) is 12.3. The van der Waals surface area contributed by atoms with Gasteiger partial charge in [-0.1, -0.05) is 31.2 Å². The number of hydrogen-bond acceptors (Lipinski definition) is 5. The number of ketones is 1. The molecule has 0 bridgehead atoms. The molecule has 0 unspecified atom stereocenters. The number of carboxylic acid groups (broad SMARTS) is 1. The van der Waals surface area contributed by atoms with Crippen molar-refractivity contribution in [3.63, 3.8) is 0 Å². The molecule has 4 rings (SSSR count). The zero-order valence-electron chi connectivity index (χ0n) is 18.9. The van der Waals surface area contributed by atoms with E-state index in [0.717, 1.165) is 22.3 Å². The van der Waals surface area contributed by atoms with Crippen molar-refractivity contribution >= 4 is 40.0 Å². The fourth-order valence-corrected chi connectivity index (χ4v) is 4.39. The molecule has 0 aliphatic carbocycles. The van der Waals surface area contributed by atoms with Crippen molar-refractivity contribution in [1.82, 2.24) is 14.5 Å². The summed E-state index contributed by atoms with van der Waals surface area (Å²) in [7, 11) is 0. The summed E-state index contributed by atoms with van der Waals surface area (Å²) in [6.07, 6.45) is 5.31. The van der Waals surface area contributed by atoms with Crippen LogP contribution < -0.4 is 5.73 Å². The first-order chi connectivity index (χ1) is 16.2. The Morgan fingerprint density at radius 1 is 1.11 bits per heavy atom. The molecule has 7 nitrogen and oxygen atoms in total. The lowest BCUT2D eigenvalue weighted by Gasteiger charge is -2.15. The number of aromatic carboxylic acids is 1. The molecular formula is C27H27ClN4O3. The molecular weight excluding hydrogens is 464 g/mol. The molecule has 1 atom stereocenters. The van der Waals surface area contributed by atoms with Crippen LogP contribution in [-0.4, -0.2) is 31.4 Å². The molecule has 0 amide bonds. The fraction of sp³-hybridized carbons (Fsp3) is 0.185. The standard InChI is InChI=1S/C26H23ClN4O3.CH4/c1-14(28)24(16(3)32)18-11-23-25(30-12-18)20(17-7-8-19(26(33)34)21(27)10-17)13-31(23)15(2)22-6-4-5-9-29-22;/h4-13,15H,28H2,1-3H3,(H,33,34);1H4/t15-;/m0./s1. The van der Waals surface area contributed by atoms with E-state index in [0.29, 0.717) is 22.4 Å². The molecule has 3 N–H and O–H groups in total. The van der Waals surface area contributed by atoms with Gasteiger partial charge in [0.05, 0.1) is 33.4 Å². The molecule has 3 heterocycles. The number of nitrogens with zero attached hydrogens (tertiary/aromatic N) is 3. The number of carboxylic acids is 1. The average Bonchev–Trinajstić information content (AvgIpc) is 3.17. The van der Waals surface area contributed by atoms with Crippen LogP contribution in [0.2, 0.25) is 5.02 Å². The first-order valence-corrected chi connectivity index (χ1v) is 11.0. The molecule has 35 heavy (non-hydrogen) atoms. The van der Waals surface area contributed by atoms with E-state index in [1.165, 1.54) is 13.0 Å². The second kappa shape index (κ2) is 10.1. The highest BCUT2D eigenvalue weighted by Gasteiger charge is 2.21. The third kappa shape index (κ3) is 4.81. The molecule has 0 aliphatic rings. The SMILES string of the molecule is C.CC(=O)C(=C(C)N)c1cnc2c(-c3ccc(C(=O)O)c(Cl)c3)cn([C@@H](C)c3ccccn3)c2c1. The number of aromatic nitrogens is 3. The monoisotopic (exact) mass is 490 g/mol. The van der Waals surface area contributed by atoms with Gasteiger partial charge in [0, 0.05) is 41.0 Å². The van der Waals surface area contributed by atoms with Crippen molar-refractivity contribution < 1.29 is 14.7 Å². The largest absolute Gasteiger partial charge is 0.478 e. The fourth-order valence-electron chi connectivity index (χ4n) is 4.13. The van der Waals surface area contributed by atoms with Gasteiger partial charge in [0.2, 0.25) is 0 Å². The van der Waals surface area contributed by atoms with Gasteiger partial charge in [-0.2, -0.15) is 0 Å². The van der Waals surface area contributed by atoms with Crippen LogP contribution in [0.4, 0.5) is 0 Å². The number of halogens is 1. The van der Waals surface area contributed by atoms with Crippen LogP contribution >= 0.6 is 11.6 Å². The molecule has 8 heteroatoms. The topological polar surface area (TPSA) is 111 Å². The first-order valence-electron chi connectivity index (χ1n) is 10.6. The van der Waals surface area contributed by atoms with E-state index < -0.39 is 5.97 Å². The number of pyridine rings is 2. The van der Waals surface area contributed by atoms with E-state index in [1.54, 1.807) is 31.5 Å². The van der Waals surface area contributed by atoms with Gasteiger partial charge < -0.3 is 15.4 Å². The number of nitrogens with two attached hydrogens (primary N) is 1. The van der Waals surface area contributed by atoms with E-state index in [2.05, 4.69) is 9.97 Å². The summed E-state index contributed by atoms with van der Waals surface area (Å²) in [6.45, 7) is 5.19. The Labute approximate surface area is 208 Å². The molecule has 0 saturated heterocycles. The number of Topliss-reactive ketones (excluding diaryl/α,β-unsaturated/α-hetero) is 1. The van der Waals surface area contributed by atoms with Crippen LogP contribution in [0.15, 0.2) is 66.8 Å². The van der Waals surface area contributed by atoms with Crippen molar-refractivity contribution in [3.05, 3.63) is 88.6 Å². The first kappa shape index (κ1) is 25.6. The summed E-state index contributed by atoms with van der Waals surface area (Å²) in [4.78, 5) is 32.8. The summed E-state index contributed by atoms with van der Waals surface area (Å²) in [5.74, 6) is -1.24. The Morgan fingerprint density at radius 2 is 1.86 bits per heavy atom. The Hall–Kier alpha value is -3.97. The van der Waals surface area contributed by atoms with Gasteiger partial charge in [0.25, 0.3) is 0 Å². The molecule has 4 aromatic rings. The Morgan fingerprint density at radius 3 is 2.43 bits per heavy atom. The minimum atomic E-state index is -1.09. The molecule has 0 radical (unpaired) electrons. The van der Waals surface area contributed by atoms with Crippen LogP contribution in [-0.2, 0) is 4.79 Å². The maximum atomic E-state index is 12.3. The highest BCUT2D eigenvalue weighted by atomic mass is 35.5. The zero-order chi connectivity index (χ0) is 24.6. The minimum Gasteiger partial charge on any atom is -0.478 e. The van der Waals surface area contributed by atoms with Crippen LogP contribution in [0, 0.1) is 0 Å². The Kier molecular flexibility index (Phi) is 7.41. The summed E-state index contributed by atoms with van der Waals surface area (Å²) < 4.78 is 2.03. The summed E-state index contributed by atoms with van der Waals surface area (Å²) >= 11 is 6.25. The number of carbonyl (C=O) groups is 2. The second-order valence-corrected chi connectivity index (χ2v) is 8.49. The Balaban J connectivity index is 0.00000342. The molecule has 0 fully saturated rings. The van der Waals surface area contributed by atoms with Gasteiger partial charge in [0.15, 0.2) is 5.78 Å². The molecule has 0 aliphatic heterocycles. The van der Waals surface area contributed by atoms with Crippen molar-refractivity contribution in [2.24, 2.45) is 5.73 Å². The second-order valence-electron chi connectivity index (χ2n) is 8.09. The predicted octanol–water partition coefficient (Wildman–Crippen LogP) is 5.97. The smallest absolute Gasteiger partial charge is 0.337 e. The average molecular weight is 491 g/mol. The predicted molar refractivity (Wildman–Crippen MR) is 139 cm³/mol. The summed E-state index contributed by atoms with van der Waals surface area (Å²) in [5, 5.41) is 9.46. The van der Waals surface area contributed by atoms with Gasteiger partial charge in [0.1, 0.15) is 0 Å². The summed E-state index contributed by atoms with van der Waals surface area (Å²) in [5.41, 5.74) is 11.3. The van der Waals surface area contributed by atoms with Gasteiger partial charge in [-0.25, -0.2) is 4.79 Å². The van der Waals surface area contributed by atoms with Crippen molar-refractivity contribution in [2.45, 2.75) is 34.2 Å². The quantitative estimate of drug-likeness (QED) is 0.322. The van der Waals surface area contributed by atoms with Crippen LogP contribution in [0.3, 0.4) is 0 Å². The van der Waals surface area contributed by atoms with Crippen molar-refractivity contribution in [1.29, 1.82) is 0 Å². The van der Waals surface area contributed by atoms with Crippen LogP contribution in [0.25, 0.3) is 27.7 Å². The van der Waals surface area contributed by atoms with Gasteiger partial charge in [-0.3, -0.25) is 14.8 Å². The molecule has 1 aromatic carbocycles. The zero-order valence-corrected chi connectivity index (χ0v) is 19.7. The highest BCUT2D eigenvalue weighted by molar-refractivity contribution is 6.33. The van der Waals surface area contributed by atoms with Gasteiger partial charge >= 0.3 is 5.97 Å². The van der Waals surface area contributed by atoms with Crippen LogP contribution in [0.5, 0.6) is 0 Å². The molecule has 0 saturated carbocycles. The lowest BCUT2D eigenvalue weighted by molar-refractivity contribution is -0.111. The number of benzene rings is 1. The normalized spacial score (nSPS) is 12.6. The molecule has 3 aromatic heterocycles. The van der Waals surface area contributed by atoms with E-state index in [4.69, 9.17) is 17.3 Å². The van der Waals surface area contributed by atoms with Crippen molar-refractivity contribution in [3.8, 4) is 11.1 Å². The van der Waals surface area contributed by atoms with E-state index in [-0.39, 0.29) is 29.8 Å². The maximum Gasteiger partial charge on any atom is 0.337 e. The Bertz CT molecular complexity index is 1450. The number of carbonyl (C=O) groups excluding carboxylic acids is 1.